The molecule has 10 heteroatoms. The predicted octanol–water partition coefficient (Wildman–Crippen LogP) is 6.49. The second-order valence-corrected chi connectivity index (χ2v) is 9.85. The number of hydrogen-bond acceptors (Lipinski definition) is 10. The van der Waals surface area contributed by atoms with E-state index in [4.69, 9.17) is 8.83 Å². The van der Waals surface area contributed by atoms with E-state index in [0.29, 0.717) is 22.2 Å². The molecule has 0 fully saturated rings. The number of nitrogens with zero attached hydrogens (tertiary/aromatic N) is 4. The second-order valence-electron chi connectivity index (χ2n) is 6.10. The van der Waals surface area contributed by atoms with Crippen molar-refractivity contribution in [3.63, 3.8) is 0 Å². The van der Waals surface area contributed by atoms with Gasteiger partial charge >= 0.3 is 0 Å². The summed E-state index contributed by atoms with van der Waals surface area (Å²) in [5.41, 5.74) is 2.39. The molecule has 1 aromatic carbocycles. The smallest absolute Gasteiger partial charge is 0.277 e. The van der Waals surface area contributed by atoms with Gasteiger partial charge in [-0.25, -0.2) is 0 Å². The lowest BCUT2D eigenvalue weighted by Crippen LogP contribution is -1.86. The highest BCUT2D eigenvalue weighted by Gasteiger charge is 2.12. The van der Waals surface area contributed by atoms with E-state index in [1.54, 1.807) is 22.7 Å². The van der Waals surface area contributed by atoms with Gasteiger partial charge in [0.2, 0.25) is 0 Å². The number of aromatic nitrogens is 4. The largest absolute Gasteiger partial charge is 0.410 e. The van der Waals surface area contributed by atoms with Crippen LogP contribution in [0, 0.1) is 0 Å². The molecular weight excluding hydrogens is 457 g/mol. The maximum absolute atomic E-state index is 5.74. The first kappa shape index (κ1) is 19.6. The molecule has 5 rings (SSSR count). The number of thiophene rings is 2. The van der Waals surface area contributed by atoms with Crippen LogP contribution < -0.4 is 0 Å². The molecule has 30 heavy (non-hydrogen) atoms. The molecule has 0 amide bonds. The van der Waals surface area contributed by atoms with Crippen LogP contribution in [0.5, 0.6) is 0 Å². The summed E-state index contributed by atoms with van der Waals surface area (Å²) in [7, 11) is 0. The van der Waals surface area contributed by atoms with Crippen molar-refractivity contribution in [2.75, 3.05) is 0 Å². The average Bonchev–Trinajstić information content (AvgIpc) is 3.57. The van der Waals surface area contributed by atoms with E-state index in [1.165, 1.54) is 34.7 Å². The lowest BCUT2D eigenvalue weighted by molar-refractivity contribution is 0.466. The third kappa shape index (κ3) is 4.67. The van der Waals surface area contributed by atoms with Crippen LogP contribution in [0.1, 0.15) is 11.1 Å². The Morgan fingerprint density at radius 2 is 1.20 bits per heavy atom. The van der Waals surface area contributed by atoms with Crippen molar-refractivity contribution in [2.45, 2.75) is 22.0 Å². The fourth-order valence-electron chi connectivity index (χ4n) is 2.64. The zero-order valence-corrected chi connectivity index (χ0v) is 18.7. The fourth-order valence-corrected chi connectivity index (χ4v) is 5.34. The van der Waals surface area contributed by atoms with Crippen LogP contribution in [0.4, 0.5) is 0 Å². The normalized spacial score (nSPS) is 11.2. The van der Waals surface area contributed by atoms with Gasteiger partial charge in [0.25, 0.3) is 22.2 Å². The molecule has 0 radical (unpaired) electrons. The number of hydrogen-bond donors (Lipinski definition) is 0. The summed E-state index contributed by atoms with van der Waals surface area (Å²) in [4.78, 5) is 1.97. The van der Waals surface area contributed by atoms with Crippen molar-refractivity contribution in [3.8, 4) is 21.5 Å². The fraction of sp³-hybridized carbons (Fsp3) is 0.100. The van der Waals surface area contributed by atoms with Crippen LogP contribution >= 0.6 is 46.2 Å². The first-order valence-electron chi connectivity index (χ1n) is 8.92. The third-order valence-corrected chi connectivity index (χ3v) is 7.49. The molecule has 0 atom stereocenters. The lowest BCUT2D eigenvalue weighted by Gasteiger charge is -2.03. The standard InChI is InChI=1S/C20H14N4O2S4/c1-4-13(11-29-19-23-21-17(25-19)15-6-2-8-27-15)10-14(5-1)12-30-20-24-22-18(26-20)16-7-3-9-28-16/h1-10H,11-12H2. The monoisotopic (exact) mass is 470 g/mol. The van der Waals surface area contributed by atoms with Gasteiger partial charge in [0.15, 0.2) is 0 Å². The number of rotatable bonds is 8. The van der Waals surface area contributed by atoms with E-state index in [2.05, 4.69) is 44.7 Å². The van der Waals surface area contributed by atoms with Gasteiger partial charge in [-0.15, -0.1) is 43.1 Å². The minimum atomic E-state index is 0.569. The highest BCUT2D eigenvalue weighted by molar-refractivity contribution is 7.98. The van der Waals surface area contributed by atoms with Gasteiger partial charge in [0.1, 0.15) is 0 Å². The molecule has 4 heterocycles. The Hall–Kier alpha value is -2.40. The SMILES string of the molecule is c1cc(CSc2nnc(-c3cccs3)o2)cc(CSc2nnc(-c3cccs3)o2)c1. The second kappa shape index (κ2) is 9.17. The minimum Gasteiger partial charge on any atom is -0.410 e. The summed E-state index contributed by atoms with van der Waals surface area (Å²) in [5.74, 6) is 2.65. The van der Waals surface area contributed by atoms with Gasteiger partial charge in [-0.3, -0.25) is 0 Å². The van der Waals surface area contributed by atoms with E-state index in [-0.39, 0.29) is 0 Å². The first-order valence-corrected chi connectivity index (χ1v) is 12.6. The van der Waals surface area contributed by atoms with Gasteiger partial charge in [-0.05, 0) is 34.0 Å². The van der Waals surface area contributed by atoms with E-state index >= 15 is 0 Å². The maximum Gasteiger partial charge on any atom is 0.277 e. The van der Waals surface area contributed by atoms with Crippen LogP contribution in [-0.2, 0) is 11.5 Å². The Balaban J connectivity index is 1.18. The van der Waals surface area contributed by atoms with Crippen LogP contribution in [0.2, 0.25) is 0 Å². The molecule has 0 saturated heterocycles. The Labute approximate surface area is 188 Å². The summed E-state index contributed by atoms with van der Waals surface area (Å²) < 4.78 is 11.5. The summed E-state index contributed by atoms with van der Waals surface area (Å²) in [6, 6.07) is 16.3. The van der Waals surface area contributed by atoms with E-state index < -0.39 is 0 Å². The van der Waals surface area contributed by atoms with Gasteiger partial charge in [-0.2, -0.15) is 0 Å². The first-order chi connectivity index (χ1) is 14.8. The molecular formula is C20H14N4O2S4. The third-order valence-electron chi connectivity index (χ3n) is 3.99. The molecule has 0 aliphatic heterocycles. The van der Waals surface area contributed by atoms with Crippen molar-refractivity contribution >= 4 is 46.2 Å². The van der Waals surface area contributed by atoms with Crippen molar-refractivity contribution in [3.05, 3.63) is 70.4 Å². The van der Waals surface area contributed by atoms with Crippen molar-refractivity contribution < 1.29 is 8.83 Å². The Morgan fingerprint density at radius 1 is 0.667 bits per heavy atom. The van der Waals surface area contributed by atoms with Gasteiger partial charge in [0, 0.05) is 11.5 Å². The molecule has 5 aromatic rings. The van der Waals surface area contributed by atoms with Crippen LogP contribution in [0.3, 0.4) is 0 Å². The Kier molecular flexibility index (Phi) is 5.98. The quantitative estimate of drug-likeness (QED) is 0.238. The zero-order chi connectivity index (χ0) is 20.2. The predicted molar refractivity (Wildman–Crippen MR) is 121 cm³/mol. The molecule has 4 aromatic heterocycles. The Morgan fingerprint density at radius 3 is 1.67 bits per heavy atom. The topological polar surface area (TPSA) is 77.8 Å². The average molecular weight is 471 g/mol. The molecule has 0 N–H and O–H groups in total. The van der Waals surface area contributed by atoms with Crippen LogP contribution in [-0.4, -0.2) is 20.4 Å². The summed E-state index contributed by atoms with van der Waals surface area (Å²) in [6.45, 7) is 0. The van der Waals surface area contributed by atoms with Gasteiger partial charge in [-0.1, -0.05) is 59.9 Å². The highest BCUT2D eigenvalue weighted by Crippen LogP contribution is 2.30. The summed E-state index contributed by atoms with van der Waals surface area (Å²) in [6.07, 6.45) is 0. The van der Waals surface area contributed by atoms with E-state index in [0.717, 1.165) is 21.3 Å². The maximum atomic E-state index is 5.74. The highest BCUT2D eigenvalue weighted by atomic mass is 32.2. The molecule has 150 valence electrons. The molecule has 0 unspecified atom stereocenters. The minimum absolute atomic E-state index is 0.569. The molecule has 0 bridgehead atoms. The summed E-state index contributed by atoms with van der Waals surface area (Å²) in [5, 5.41) is 21.6. The zero-order valence-electron chi connectivity index (χ0n) is 15.4. The van der Waals surface area contributed by atoms with Crippen molar-refractivity contribution in [1.29, 1.82) is 0 Å². The van der Waals surface area contributed by atoms with Crippen LogP contribution in [0.25, 0.3) is 21.5 Å². The number of benzene rings is 1. The van der Waals surface area contributed by atoms with Crippen molar-refractivity contribution in [1.82, 2.24) is 20.4 Å². The Bertz CT molecular complexity index is 1120. The van der Waals surface area contributed by atoms with Gasteiger partial charge in [0.05, 0.1) is 9.75 Å². The molecule has 0 aliphatic carbocycles. The summed E-state index contributed by atoms with van der Waals surface area (Å²) >= 11 is 6.24. The van der Waals surface area contributed by atoms with Crippen molar-refractivity contribution in [2.24, 2.45) is 0 Å². The lowest BCUT2D eigenvalue weighted by atomic mass is 10.2. The number of thioether (sulfide) groups is 2. The van der Waals surface area contributed by atoms with E-state index in [9.17, 15) is 0 Å². The molecule has 6 nitrogen and oxygen atoms in total. The molecule has 0 spiro atoms. The van der Waals surface area contributed by atoms with Crippen LogP contribution in [0.15, 0.2) is 78.6 Å². The van der Waals surface area contributed by atoms with E-state index in [1.807, 2.05) is 35.0 Å². The molecule has 0 saturated carbocycles. The molecule has 0 aliphatic rings. The van der Waals surface area contributed by atoms with Gasteiger partial charge < -0.3 is 8.83 Å².